The van der Waals surface area contributed by atoms with E-state index >= 15 is 0 Å². The van der Waals surface area contributed by atoms with Gasteiger partial charge in [-0.05, 0) is 60.2 Å². The number of ether oxygens (including phenoxy) is 2. The van der Waals surface area contributed by atoms with Gasteiger partial charge < -0.3 is 9.47 Å². The molecule has 5 nitrogen and oxygen atoms in total. The van der Waals surface area contributed by atoms with Crippen LogP contribution in [0.1, 0.15) is 23.1 Å². The van der Waals surface area contributed by atoms with Crippen LogP contribution in [-0.2, 0) is 22.9 Å². The Kier molecular flexibility index (Phi) is 6.54. The lowest BCUT2D eigenvalue weighted by Gasteiger charge is -2.23. The van der Waals surface area contributed by atoms with Crippen molar-refractivity contribution in [2.24, 2.45) is 0 Å². The van der Waals surface area contributed by atoms with Crippen LogP contribution in [-0.4, -0.2) is 40.0 Å². The number of benzene rings is 2. The Morgan fingerprint density at radius 1 is 1.14 bits per heavy atom. The van der Waals surface area contributed by atoms with E-state index < -0.39 is 16.6 Å². The summed E-state index contributed by atoms with van der Waals surface area (Å²) in [5.74, 6) is 0.804. The van der Waals surface area contributed by atoms with E-state index in [1.165, 1.54) is 16.4 Å². The van der Waals surface area contributed by atoms with Crippen molar-refractivity contribution >= 4 is 16.1 Å². The maximum atomic E-state index is 13.0. The topological polar surface area (TPSA) is 55.8 Å². The van der Waals surface area contributed by atoms with Crippen molar-refractivity contribution in [3.8, 4) is 11.5 Å². The Labute approximate surface area is 169 Å². The highest BCUT2D eigenvalue weighted by Gasteiger charge is 2.26. The fourth-order valence-electron chi connectivity index (χ4n) is 3.33. The molecule has 0 fully saturated rings. The summed E-state index contributed by atoms with van der Waals surface area (Å²) in [6.07, 6.45) is 2.89. The molecule has 1 aliphatic rings. The highest BCUT2D eigenvalue weighted by atomic mass is 32.2. The molecule has 0 aliphatic heterocycles. The average Bonchev–Trinajstić information content (AvgIpc) is 2.71. The summed E-state index contributed by atoms with van der Waals surface area (Å²) in [5.41, 5.74) is 2.43. The predicted octanol–water partition coefficient (Wildman–Crippen LogP) is 4.09. The van der Waals surface area contributed by atoms with Gasteiger partial charge in [-0.25, -0.2) is 12.7 Å². The van der Waals surface area contributed by atoms with Crippen LogP contribution in [0.25, 0.3) is 6.08 Å². The molecule has 0 saturated heterocycles. The molecule has 0 atom stereocenters. The Hall–Kier alpha value is -2.45. The second-order valence-corrected chi connectivity index (χ2v) is 8.84. The lowest BCUT2D eigenvalue weighted by atomic mass is 9.97. The SMILES string of the molecule is COc1ccccc1CCN(C)S(=O)(=O)C1=Cc2ccc(OC(F)F)cc2CC1. The van der Waals surface area contributed by atoms with E-state index in [-0.39, 0.29) is 5.75 Å². The van der Waals surface area contributed by atoms with Gasteiger partial charge in [-0.1, -0.05) is 24.3 Å². The summed E-state index contributed by atoms with van der Waals surface area (Å²) in [5, 5.41) is 0. The van der Waals surface area contributed by atoms with Crippen molar-refractivity contribution in [2.75, 3.05) is 20.7 Å². The minimum atomic E-state index is -3.62. The number of methoxy groups -OCH3 is 1. The molecule has 2 aromatic rings. The molecule has 0 spiro atoms. The van der Waals surface area contributed by atoms with Crippen LogP contribution in [0.4, 0.5) is 8.78 Å². The van der Waals surface area contributed by atoms with Crippen LogP contribution < -0.4 is 9.47 Å². The Morgan fingerprint density at radius 2 is 1.90 bits per heavy atom. The third-order valence-corrected chi connectivity index (χ3v) is 6.91. The molecule has 0 unspecified atom stereocenters. The number of likely N-dealkylation sites (N-methyl/N-ethyl adjacent to an activating group) is 1. The van der Waals surface area contributed by atoms with Crippen molar-refractivity contribution in [1.82, 2.24) is 4.31 Å². The Balaban J connectivity index is 1.74. The summed E-state index contributed by atoms with van der Waals surface area (Å²) in [6, 6.07) is 12.1. The van der Waals surface area contributed by atoms with Gasteiger partial charge in [-0.15, -0.1) is 0 Å². The number of fused-ring (bicyclic) bond motifs is 1. The number of hydrogen-bond donors (Lipinski definition) is 0. The number of allylic oxidation sites excluding steroid dienone is 1. The van der Waals surface area contributed by atoms with Crippen LogP contribution in [0.3, 0.4) is 0 Å². The highest BCUT2D eigenvalue weighted by Crippen LogP contribution is 2.31. The Bertz CT molecular complexity index is 1010. The van der Waals surface area contributed by atoms with E-state index in [2.05, 4.69) is 4.74 Å². The smallest absolute Gasteiger partial charge is 0.387 e. The van der Waals surface area contributed by atoms with E-state index in [4.69, 9.17) is 4.74 Å². The van der Waals surface area contributed by atoms with Crippen molar-refractivity contribution in [2.45, 2.75) is 25.9 Å². The first-order valence-electron chi connectivity index (χ1n) is 9.18. The summed E-state index contributed by atoms with van der Waals surface area (Å²) in [7, 11) is -0.480. The van der Waals surface area contributed by atoms with E-state index in [0.29, 0.717) is 36.3 Å². The number of rotatable bonds is 8. The first-order valence-corrected chi connectivity index (χ1v) is 10.6. The number of nitrogens with zero attached hydrogens (tertiary/aromatic N) is 1. The molecule has 29 heavy (non-hydrogen) atoms. The van der Waals surface area contributed by atoms with Crippen LogP contribution in [0.5, 0.6) is 11.5 Å². The first kappa shape index (κ1) is 21.3. The standard InChI is InChI=1S/C21H23F2NO4S/c1-24(12-11-15-5-3-4-6-20(15)27-2)29(25,26)19-10-8-16-13-18(28-21(22)23)9-7-17(16)14-19/h3-7,9,13-14,21H,8,10-12H2,1-2H3. The monoisotopic (exact) mass is 423 g/mol. The van der Waals surface area contributed by atoms with Gasteiger partial charge in [0.15, 0.2) is 0 Å². The number of halogens is 2. The van der Waals surface area contributed by atoms with Crippen LogP contribution >= 0.6 is 0 Å². The van der Waals surface area contributed by atoms with Crippen LogP contribution in [0.2, 0.25) is 0 Å². The maximum Gasteiger partial charge on any atom is 0.387 e. The summed E-state index contributed by atoms with van der Waals surface area (Å²) < 4.78 is 61.8. The van der Waals surface area contributed by atoms with Gasteiger partial charge in [0, 0.05) is 13.6 Å². The van der Waals surface area contributed by atoms with E-state index in [1.54, 1.807) is 26.3 Å². The predicted molar refractivity (Wildman–Crippen MR) is 108 cm³/mol. The van der Waals surface area contributed by atoms with Gasteiger partial charge in [0.2, 0.25) is 10.0 Å². The molecule has 3 rings (SSSR count). The normalized spacial score (nSPS) is 13.9. The lowest BCUT2D eigenvalue weighted by molar-refractivity contribution is -0.0498. The van der Waals surface area contributed by atoms with Crippen molar-refractivity contribution in [3.63, 3.8) is 0 Å². The van der Waals surface area contributed by atoms with E-state index in [9.17, 15) is 17.2 Å². The quantitative estimate of drug-likeness (QED) is 0.642. The molecule has 1 aliphatic carbocycles. The second-order valence-electron chi connectivity index (χ2n) is 6.74. The molecule has 0 amide bonds. The zero-order valence-corrected chi connectivity index (χ0v) is 17.1. The van der Waals surface area contributed by atoms with E-state index in [0.717, 1.165) is 16.9 Å². The van der Waals surface area contributed by atoms with Crippen LogP contribution in [0.15, 0.2) is 47.4 Å². The Morgan fingerprint density at radius 3 is 2.62 bits per heavy atom. The van der Waals surface area contributed by atoms with Crippen molar-refractivity contribution in [1.29, 1.82) is 0 Å². The number of hydrogen-bond acceptors (Lipinski definition) is 4. The molecule has 0 saturated carbocycles. The molecule has 0 heterocycles. The fourth-order valence-corrected chi connectivity index (χ4v) is 4.70. The van der Waals surface area contributed by atoms with Gasteiger partial charge >= 0.3 is 6.61 Å². The molecule has 0 radical (unpaired) electrons. The fraction of sp³-hybridized carbons (Fsp3) is 0.333. The highest BCUT2D eigenvalue weighted by molar-refractivity contribution is 7.93. The molecule has 0 N–H and O–H groups in total. The van der Waals surface area contributed by atoms with Gasteiger partial charge in [0.25, 0.3) is 0 Å². The number of alkyl halides is 2. The summed E-state index contributed by atoms with van der Waals surface area (Å²) >= 11 is 0. The largest absolute Gasteiger partial charge is 0.496 e. The van der Waals surface area contributed by atoms with E-state index in [1.807, 2.05) is 24.3 Å². The maximum absolute atomic E-state index is 13.0. The lowest BCUT2D eigenvalue weighted by Crippen LogP contribution is -2.30. The van der Waals surface area contributed by atoms with Gasteiger partial charge in [-0.3, -0.25) is 0 Å². The van der Waals surface area contributed by atoms with Crippen molar-refractivity contribution < 1.29 is 26.7 Å². The molecule has 156 valence electrons. The molecule has 0 aromatic heterocycles. The molecular formula is C21H23F2NO4S. The molecule has 2 aromatic carbocycles. The first-order chi connectivity index (χ1) is 13.8. The number of para-hydroxylation sites is 1. The van der Waals surface area contributed by atoms with Gasteiger partial charge in [-0.2, -0.15) is 8.78 Å². The van der Waals surface area contributed by atoms with Crippen molar-refractivity contribution in [3.05, 3.63) is 64.1 Å². The number of aryl methyl sites for hydroxylation is 1. The van der Waals surface area contributed by atoms with Crippen LogP contribution in [0, 0.1) is 0 Å². The van der Waals surface area contributed by atoms with Gasteiger partial charge in [0.1, 0.15) is 11.5 Å². The average molecular weight is 423 g/mol. The zero-order chi connectivity index (χ0) is 21.0. The third kappa shape index (κ3) is 4.94. The summed E-state index contributed by atoms with van der Waals surface area (Å²) in [4.78, 5) is 0.315. The minimum absolute atomic E-state index is 0.0763. The molecule has 0 bridgehead atoms. The van der Waals surface area contributed by atoms with Gasteiger partial charge in [0.05, 0.1) is 12.0 Å². The summed E-state index contributed by atoms with van der Waals surface area (Å²) in [6.45, 7) is -2.58. The minimum Gasteiger partial charge on any atom is -0.496 e. The molecule has 8 heteroatoms. The number of sulfonamides is 1. The molecular weight excluding hydrogens is 400 g/mol. The zero-order valence-electron chi connectivity index (χ0n) is 16.3. The second kappa shape index (κ2) is 8.92. The third-order valence-electron chi connectivity index (χ3n) is 4.93.